The number of halogens is 1. The Morgan fingerprint density at radius 1 is 1.29 bits per heavy atom. The molecule has 0 fully saturated rings. The molecule has 0 spiro atoms. The van der Waals surface area contributed by atoms with Gasteiger partial charge < -0.3 is 0 Å². The van der Waals surface area contributed by atoms with Gasteiger partial charge in [-0.3, -0.25) is 4.98 Å². The number of hydrogen-bond donors (Lipinski definition) is 0. The lowest BCUT2D eigenvalue weighted by Crippen LogP contribution is -1.81. The molecule has 1 radical (unpaired) electrons. The molecule has 0 amide bonds. The molecule has 2 aromatic rings. The van der Waals surface area contributed by atoms with Gasteiger partial charge in [0.15, 0.2) is 0 Å². The second-order valence-electron chi connectivity index (χ2n) is 3.01. The van der Waals surface area contributed by atoms with Crippen molar-refractivity contribution in [2.45, 2.75) is 0 Å². The third-order valence-corrected chi connectivity index (χ3v) is 1.99. The maximum absolute atomic E-state index is 12.6. The van der Waals surface area contributed by atoms with E-state index < -0.39 is 5.83 Å². The fourth-order valence-electron chi connectivity index (χ4n) is 1.42. The molecule has 0 aliphatic rings. The van der Waals surface area contributed by atoms with Crippen molar-refractivity contribution in [3.8, 4) is 0 Å². The highest BCUT2D eigenvalue weighted by atomic mass is 19.1. The standard InChI is InChI=1S/C12H9FN/c1-9(13)8-10-4-2-6-12-11(10)5-3-7-14-12/h2-8H,1H2/b9-8-. The molecule has 0 saturated carbocycles. The van der Waals surface area contributed by atoms with E-state index in [4.69, 9.17) is 0 Å². The molecule has 1 aromatic heterocycles. The van der Waals surface area contributed by atoms with Gasteiger partial charge in [0.25, 0.3) is 0 Å². The molecular formula is C12H9FN. The summed E-state index contributed by atoms with van der Waals surface area (Å²) in [6.45, 7) is 3.21. The van der Waals surface area contributed by atoms with Gasteiger partial charge in [-0.05, 0) is 23.8 Å². The normalized spacial score (nSPS) is 12.0. The Hall–Kier alpha value is -1.70. The van der Waals surface area contributed by atoms with Crippen molar-refractivity contribution < 1.29 is 4.39 Å². The van der Waals surface area contributed by atoms with Crippen LogP contribution in [-0.2, 0) is 0 Å². The van der Waals surface area contributed by atoms with E-state index in [1.807, 2.05) is 30.3 Å². The van der Waals surface area contributed by atoms with Crippen LogP contribution in [-0.4, -0.2) is 4.98 Å². The molecule has 0 bridgehead atoms. The zero-order valence-electron chi connectivity index (χ0n) is 7.57. The first-order valence-electron chi connectivity index (χ1n) is 4.30. The fraction of sp³-hybridized carbons (Fsp3) is 0. The van der Waals surface area contributed by atoms with Crippen LogP contribution in [0.3, 0.4) is 0 Å². The summed E-state index contributed by atoms with van der Waals surface area (Å²) < 4.78 is 12.6. The second kappa shape index (κ2) is 3.58. The fourth-order valence-corrected chi connectivity index (χ4v) is 1.42. The maximum Gasteiger partial charge on any atom is 0.101 e. The van der Waals surface area contributed by atoms with Crippen molar-refractivity contribution in [3.05, 3.63) is 54.8 Å². The largest absolute Gasteiger partial charge is 0.256 e. The molecule has 0 unspecified atom stereocenters. The van der Waals surface area contributed by atoms with Crippen molar-refractivity contribution in [3.63, 3.8) is 0 Å². The molecule has 0 atom stereocenters. The van der Waals surface area contributed by atoms with Gasteiger partial charge in [0, 0.05) is 18.5 Å². The lowest BCUT2D eigenvalue weighted by Gasteiger charge is -2.00. The van der Waals surface area contributed by atoms with Gasteiger partial charge in [-0.25, -0.2) is 4.39 Å². The van der Waals surface area contributed by atoms with Crippen molar-refractivity contribution in [2.75, 3.05) is 0 Å². The summed E-state index contributed by atoms with van der Waals surface area (Å²) in [5.74, 6) is -0.443. The number of allylic oxidation sites excluding steroid dienone is 1. The first-order chi connectivity index (χ1) is 6.77. The minimum Gasteiger partial charge on any atom is -0.256 e. The van der Waals surface area contributed by atoms with Crippen molar-refractivity contribution in [1.29, 1.82) is 0 Å². The van der Waals surface area contributed by atoms with Crippen LogP contribution in [0.15, 0.2) is 42.4 Å². The lowest BCUT2D eigenvalue weighted by atomic mass is 10.1. The lowest BCUT2D eigenvalue weighted by molar-refractivity contribution is 0.673. The molecule has 2 heteroatoms. The van der Waals surface area contributed by atoms with E-state index in [0.717, 1.165) is 16.5 Å². The van der Waals surface area contributed by atoms with Crippen LogP contribution in [0.5, 0.6) is 0 Å². The summed E-state index contributed by atoms with van der Waals surface area (Å²) in [6, 6.07) is 9.34. The highest BCUT2D eigenvalue weighted by Crippen LogP contribution is 2.18. The molecule has 69 valence electrons. The Balaban J connectivity index is 2.71. The minimum atomic E-state index is -0.443. The summed E-state index contributed by atoms with van der Waals surface area (Å²) in [5, 5.41) is 0.939. The number of rotatable bonds is 1. The number of pyridine rings is 1. The zero-order valence-corrected chi connectivity index (χ0v) is 7.57. The topological polar surface area (TPSA) is 12.9 Å². The van der Waals surface area contributed by atoms with Gasteiger partial charge in [0.2, 0.25) is 0 Å². The first kappa shape index (κ1) is 8.88. The molecule has 0 N–H and O–H groups in total. The van der Waals surface area contributed by atoms with Crippen LogP contribution in [0.1, 0.15) is 5.56 Å². The maximum atomic E-state index is 12.6. The third-order valence-electron chi connectivity index (χ3n) is 1.99. The smallest absolute Gasteiger partial charge is 0.101 e. The number of nitrogens with zero attached hydrogens (tertiary/aromatic N) is 1. The van der Waals surface area contributed by atoms with E-state index in [1.165, 1.54) is 6.08 Å². The quantitative estimate of drug-likeness (QED) is 0.665. The minimum absolute atomic E-state index is 0.443. The highest BCUT2D eigenvalue weighted by molar-refractivity contribution is 5.87. The molecule has 1 aromatic carbocycles. The van der Waals surface area contributed by atoms with Crippen molar-refractivity contribution in [1.82, 2.24) is 4.98 Å². The van der Waals surface area contributed by atoms with Gasteiger partial charge in [-0.1, -0.05) is 18.2 Å². The second-order valence-corrected chi connectivity index (χ2v) is 3.01. The van der Waals surface area contributed by atoms with Gasteiger partial charge >= 0.3 is 0 Å². The number of aromatic nitrogens is 1. The molecule has 14 heavy (non-hydrogen) atoms. The van der Waals surface area contributed by atoms with E-state index in [1.54, 1.807) is 6.20 Å². The Morgan fingerprint density at radius 2 is 2.14 bits per heavy atom. The predicted molar refractivity (Wildman–Crippen MR) is 56.2 cm³/mol. The monoisotopic (exact) mass is 186 g/mol. The van der Waals surface area contributed by atoms with E-state index in [9.17, 15) is 4.39 Å². The molecule has 0 aliphatic carbocycles. The molecule has 2 rings (SSSR count). The van der Waals surface area contributed by atoms with Gasteiger partial charge in [0.1, 0.15) is 5.83 Å². The van der Waals surface area contributed by atoms with Gasteiger partial charge in [-0.15, -0.1) is 0 Å². The highest BCUT2D eigenvalue weighted by Gasteiger charge is 1.98. The van der Waals surface area contributed by atoms with Crippen molar-refractivity contribution >= 4 is 17.0 Å². The number of benzene rings is 1. The van der Waals surface area contributed by atoms with Crippen LogP contribution in [0.25, 0.3) is 17.0 Å². The van der Waals surface area contributed by atoms with Crippen LogP contribution < -0.4 is 0 Å². The van der Waals surface area contributed by atoms with E-state index in [-0.39, 0.29) is 0 Å². The Labute approximate surface area is 81.9 Å². The zero-order chi connectivity index (χ0) is 9.97. The summed E-state index contributed by atoms with van der Waals surface area (Å²) in [4.78, 5) is 4.18. The van der Waals surface area contributed by atoms with E-state index >= 15 is 0 Å². The third kappa shape index (κ3) is 1.64. The van der Waals surface area contributed by atoms with Crippen LogP contribution in [0, 0.1) is 6.92 Å². The summed E-state index contributed by atoms with van der Waals surface area (Å²) in [5.41, 5.74) is 1.67. The predicted octanol–water partition coefficient (Wildman–Crippen LogP) is 3.38. The average molecular weight is 186 g/mol. The molecule has 0 aliphatic heterocycles. The Bertz CT molecular complexity index is 479. The molecule has 1 heterocycles. The van der Waals surface area contributed by atoms with Crippen LogP contribution in [0.2, 0.25) is 0 Å². The SMILES string of the molecule is [CH2]/C(F)=C/c1cccc2ncccc12. The van der Waals surface area contributed by atoms with E-state index in [0.29, 0.717) is 0 Å². The molecular weight excluding hydrogens is 177 g/mol. The first-order valence-corrected chi connectivity index (χ1v) is 4.30. The van der Waals surface area contributed by atoms with Gasteiger partial charge in [-0.2, -0.15) is 0 Å². The van der Waals surface area contributed by atoms with E-state index in [2.05, 4.69) is 11.9 Å². The summed E-state index contributed by atoms with van der Waals surface area (Å²) in [6.07, 6.45) is 3.13. The van der Waals surface area contributed by atoms with Crippen LogP contribution >= 0.6 is 0 Å². The summed E-state index contributed by atoms with van der Waals surface area (Å²) in [7, 11) is 0. The van der Waals surface area contributed by atoms with Crippen LogP contribution in [0.4, 0.5) is 4.39 Å². The Morgan fingerprint density at radius 3 is 2.93 bits per heavy atom. The van der Waals surface area contributed by atoms with Crippen molar-refractivity contribution in [2.24, 2.45) is 0 Å². The molecule has 0 saturated heterocycles. The molecule has 1 nitrogen and oxygen atoms in total. The summed E-state index contributed by atoms with van der Waals surface area (Å²) >= 11 is 0. The average Bonchev–Trinajstić information content (AvgIpc) is 2.18. The number of fused-ring (bicyclic) bond motifs is 1. The Kier molecular flexibility index (Phi) is 2.27. The van der Waals surface area contributed by atoms with Gasteiger partial charge in [0.05, 0.1) is 5.52 Å². The number of hydrogen-bond acceptors (Lipinski definition) is 1.